The second kappa shape index (κ2) is 4.20. The van der Waals surface area contributed by atoms with E-state index in [1.807, 2.05) is 0 Å². The first-order chi connectivity index (χ1) is 8.78. The molecule has 0 spiro atoms. The lowest BCUT2D eigenvalue weighted by atomic mass is 10.5. The molecule has 0 amide bonds. The molecule has 92 valence electrons. The van der Waals surface area contributed by atoms with E-state index in [9.17, 15) is 4.79 Å². The number of hydrogen-bond donors (Lipinski definition) is 2. The summed E-state index contributed by atoms with van der Waals surface area (Å²) in [6.07, 6.45) is 4.97. The summed E-state index contributed by atoms with van der Waals surface area (Å²) in [5.41, 5.74) is 2.83. The number of nitrogens with one attached hydrogen (secondary N) is 1. The first kappa shape index (κ1) is 10.9. The van der Waals surface area contributed by atoms with E-state index in [0.717, 1.165) is 0 Å². The van der Waals surface area contributed by atoms with Gasteiger partial charge in [0.1, 0.15) is 10.5 Å². The fourth-order valence-corrected chi connectivity index (χ4v) is 2.26. The first-order valence-electron chi connectivity index (χ1n) is 5.10. The van der Waals surface area contributed by atoms with Gasteiger partial charge in [0, 0.05) is 12.4 Å². The zero-order chi connectivity index (χ0) is 12.5. The van der Waals surface area contributed by atoms with Crippen LogP contribution in [0.25, 0.3) is 5.52 Å². The highest BCUT2D eigenvalue weighted by Gasteiger charge is 2.07. The van der Waals surface area contributed by atoms with Gasteiger partial charge in [-0.2, -0.15) is 5.10 Å². The van der Waals surface area contributed by atoms with Crippen LogP contribution in [-0.2, 0) is 6.54 Å². The highest BCUT2D eigenvalue weighted by Crippen LogP contribution is 2.14. The van der Waals surface area contributed by atoms with Gasteiger partial charge in [-0.1, -0.05) is 11.3 Å². The molecule has 9 heteroatoms. The molecule has 3 aromatic rings. The molecule has 0 aliphatic carbocycles. The van der Waals surface area contributed by atoms with Crippen LogP contribution in [0.5, 0.6) is 0 Å². The largest absolute Gasteiger partial charge is 0.305 e. The highest BCUT2D eigenvalue weighted by molar-refractivity contribution is 7.15. The molecule has 0 aliphatic rings. The minimum atomic E-state index is -0.118. The number of aromatic nitrogens is 5. The van der Waals surface area contributed by atoms with Crippen molar-refractivity contribution >= 4 is 22.0 Å². The molecule has 3 N–H and O–H groups in total. The minimum Gasteiger partial charge on any atom is -0.305 e. The molecular weight excluding hydrogens is 254 g/mol. The molecule has 18 heavy (non-hydrogen) atoms. The predicted molar refractivity (Wildman–Crippen MR) is 66.3 cm³/mol. The van der Waals surface area contributed by atoms with Gasteiger partial charge in [-0.25, -0.2) is 10.4 Å². The molecule has 8 nitrogen and oxygen atoms in total. The number of fused-ring (bicyclic) bond motifs is 1. The molecule has 3 rings (SSSR count). The minimum absolute atomic E-state index is 0.118. The Labute approximate surface area is 105 Å². The lowest BCUT2D eigenvalue weighted by Crippen LogP contribution is -2.21. The van der Waals surface area contributed by atoms with E-state index in [1.165, 1.54) is 15.9 Å². The lowest BCUT2D eigenvalue weighted by Gasteiger charge is -2.02. The normalized spacial score (nSPS) is 10.9. The third kappa shape index (κ3) is 1.75. The van der Waals surface area contributed by atoms with E-state index >= 15 is 0 Å². The zero-order valence-electron chi connectivity index (χ0n) is 9.15. The third-order valence-electron chi connectivity index (χ3n) is 2.43. The molecule has 0 radical (unpaired) electrons. The number of hydrogen-bond acceptors (Lipinski definition) is 7. The Morgan fingerprint density at radius 2 is 2.28 bits per heavy atom. The summed E-state index contributed by atoms with van der Waals surface area (Å²) >= 11 is 1.30. The van der Waals surface area contributed by atoms with Crippen LogP contribution in [0, 0.1) is 0 Å². The second-order valence-electron chi connectivity index (χ2n) is 3.54. The van der Waals surface area contributed by atoms with E-state index in [-0.39, 0.29) is 5.56 Å². The van der Waals surface area contributed by atoms with Crippen molar-refractivity contribution in [1.82, 2.24) is 24.4 Å². The Kier molecular flexibility index (Phi) is 2.54. The molecule has 0 aromatic carbocycles. The molecule has 0 atom stereocenters. The van der Waals surface area contributed by atoms with Crippen LogP contribution in [0.1, 0.15) is 5.01 Å². The zero-order valence-corrected chi connectivity index (χ0v) is 9.96. The maximum Gasteiger partial charge on any atom is 0.276 e. The number of nitrogen functional groups attached to an aromatic ring is 1. The lowest BCUT2D eigenvalue weighted by molar-refractivity contribution is 0.730. The SMILES string of the molecule is NNc1nnc(Cn2ccn3nccc3c2=O)s1. The van der Waals surface area contributed by atoms with E-state index in [1.54, 1.807) is 29.2 Å². The van der Waals surface area contributed by atoms with Gasteiger partial charge in [0.05, 0.1) is 12.7 Å². The van der Waals surface area contributed by atoms with Crippen molar-refractivity contribution in [3.8, 4) is 0 Å². The topological polar surface area (TPSA) is 103 Å². The van der Waals surface area contributed by atoms with Gasteiger partial charge in [-0.15, -0.1) is 10.2 Å². The fraction of sp³-hybridized carbons (Fsp3) is 0.111. The molecule has 0 fully saturated rings. The first-order valence-corrected chi connectivity index (χ1v) is 5.91. The predicted octanol–water partition coefficient (Wildman–Crippen LogP) is -0.319. The van der Waals surface area contributed by atoms with Crippen LogP contribution < -0.4 is 16.8 Å². The summed E-state index contributed by atoms with van der Waals surface area (Å²) in [7, 11) is 0. The number of anilines is 1. The maximum atomic E-state index is 12.1. The van der Waals surface area contributed by atoms with E-state index in [4.69, 9.17) is 5.84 Å². The Morgan fingerprint density at radius 1 is 1.39 bits per heavy atom. The van der Waals surface area contributed by atoms with E-state index in [2.05, 4.69) is 20.7 Å². The van der Waals surface area contributed by atoms with Gasteiger partial charge in [-0.3, -0.25) is 10.2 Å². The fourth-order valence-electron chi connectivity index (χ4n) is 1.61. The summed E-state index contributed by atoms with van der Waals surface area (Å²) in [6, 6.07) is 1.67. The summed E-state index contributed by atoms with van der Waals surface area (Å²) in [6.45, 7) is 0.361. The molecule has 0 aliphatic heterocycles. The maximum absolute atomic E-state index is 12.1. The van der Waals surface area contributed by atoms with Crippen molar-refractivity contribution in [1.29, 1.82) is 0 Å². The molecule has 3 heterocycles. The number of nitrogens with zero attached hydrogens (tertiary/aromatic N) is 5. The van der Waals surface area contributed by atoms with Crippen molar-refractivity contribution in [2.75, 3.05) is 5.43 Å². The van der Waals surface area contributed by atoms with Crippen LogP contribution in [0.2, 0.25) is 0 Å². The van der Waals surface area contributed by atoms with Gasteiger partial charge in [0.2, 0.25) is 5.13 Å². The average Bonchev–Trinajstić information content (AvgIpc) is 3.01. The van der Waals surface area contributed by atoms with Gasteiger partial charge in [-0.05, 0) is 6.07 Å². The Hall–Kier alpha value is -2.26. The quantitative estimate of drug-likeness (QED) is 0.496. The number of hydrazine groups is 1. The van der Waals surface area contributed by atoms with Crippen LogP contribution in [0.3, 0.4) is 0 Å². The standard InChI is InChI=1S/C9H9N7OS/c10-12-9-14-13-7(18-9)5-15-3-4-16-6(8(15)17)1-2-11-16/h1-4H,5,10H2,(H,12,14). The third-order valence-corrected chi connectivity index (χ3v) is 3.27. The summed E-state index contributed by atoms with van der Waals surface area (Å²) in [5, 5.41) is 13.0. The summed E-state index contributed by atoms with van der Waals surface area (Å²) in [5.74, 6) is 5.22. The van der Waals surface area contributed by atoms with Crippen LogP contribution in [0.4, 0.5) is 5.13 Å². The smallest absolute Gasteiger partial charge is 0.276 e. The molecule has 0 saturated heterocycles. The van der Waals surface area contributed by atoms with Crippen molar-refractivity contribution < 1.29 is 0 Å². The molecule has 0 saturated carbocycles. The molecule has 3 aromatic heterocycles. The Bertz CT molecular complexity index is 743. The van der Waals surface area contributed by atoms with Crippen molar-refractivity contribution in [3.63, 3.8) is 0 Å². The van der Waals surface area contributed by atoms with Crippen LogP contribution in [-0.4, -0.2) is 24.4 Å². The van der Waals surface area contributed by atoms with E-state index in [0.29, 0.717) is 22.2 Å². The number of rotatable bonds is 3. The van der Waals surface area contributed by atoms with E-state index < -0.39 is 0 Å². The Balaban J connectivity index is 1.99. The van der Waals surface area contributed by atoms with Gasteiger partial charge in [0.15, 0.2) is 0 Å². The molecule has 0 bridgehead atoms. The molecule has 0 unspecified atom stereocenters. The summed E-state index contributed by atoms with van der Waals surface area (Å²) < 4.78 is 3.09. The van der Waals surface area contributed by atoms with Gasteiger partial charge >= 0.3 is 0 Å². The van der Waals surface area contributed by atoms with Crippen molar-refractivity contribution in [2.24, 2.45) is 5.84 Å². The molecular formula is C9H9N7OS. The van der Waals surface area contributed by atoms with Gasteiger partial charge < -0.3 is 4.57 Å². The highest BCUT2D eigenvalue weighted by atomic mass is 32.1. The van der Waals surface area contributed by atoms with Crippen LogP contribution >= 0.6 is 11.3 Å². The van der Waals surface area contributed by atoms with Crippen molar-refractivity contribution in [2.45, 2.75) is 6.54 Å². The van der Waals surface area contributed by atoms with Gasteiger partial charge in [0.25, 0.3) is 5.56 Å². The van der Waals surface area contributed by atoms with Crippen LogP contribution in [0.15, 0.2) is 29.5 Å². The monoisotopic (exact) mass is 263 g/mol. The summed E-state index contributed by atoms with van der Waals surface area (Å²) in [4.78, 5) is 12.1. The van der Waals surface area contributed by atoms with Crippen molar-refractivity contribution in [3.05, 3.63) is 40.0 Å². The number of nitrogens with two attached hydrogens (primary N) is 1. The average molecular weight is 263 g/mol. The second-order valence-corrected chi connectivity index (χ2v) is 4.60. The Morgan fingerprint density at radius 3 is 3.06 bits per heavy atom.